The fraction of sp³-hybridized carbons (Fsp3) is 1.00. The molecule has 0 saturated heterocycles. The minimum Gasteiger partial charge on any atom is -0.278 e. The van der Waals surface area contributed by atoms with Gasteiger partial charge in [0.15, 0.2) is 0 Å². The van der Waals surface area contributed by atoms with Gasteiger partial charge in [-0.25, -0.2) is 0 Å². The molecule has 0 rings (SSSR count). The largest absolute Gasteiger partial charge is 0.278 e. The highest BCUT2D eigenvalue weighted by Crippen LogP contribution is 2.26. The maximum Gasteiger partial charge on any atom is 0.00765 e. The Morgan fingerprint density at radius 2 is 1.72 bits per heavy atom. The molecule has 0 aromatic heterocycles. The molecule has 0 bridgehead atoms. The van der Waals surface area contributed by atoms with Crippen LogP contribution in [0.15, 0.2) is 0 Å². The van der Waals surface area contributed by atoms with E-state index in [-0.39, 0.29) is 0 Å². The molecule has 0 aliphatic carbocycles. The van der Waals surface area contributed by atoms with Crippen LogP contribution < -0.4 is 5.14 Å². The fourth-order valence-electron chi connectivity index (χ4n) is 2.55. The first kappa shape index (κ1) is 18.7. The van der Waals surface area contributed by atoms with Crippen molar-refractivity contribution in [3.63, 3.8) is 0 Å². The Labute approximate surface area is 124 Å². The molecule has 0 radical (unpaired) electrons. The van der Waals surface area contributed by atoms with Crippen LogP contribution in [0.4, 0.5) is 0 Å². The summed E-state index contributed by atoms with van der Waals surface area (Å²) in [4.78, 5) is 0. The Kier molecular flexibility index (Phi) is 13.1. The van der Waals surface area contributed by atoms with Crippen molar-refractivity contribution in [1.29, 1.82) is 0 Å². The minimum absolute atomic E-state index is 0.827. The number of rotatable bonds is 12. The molecular formula is C15H33NS2. The standard InChI is InChI=1S/C15H33NS2/c1-5-14(12-17-4)8-6-9-15(13(2)3)10-7-11-18-16/h13-15H,5-12,16H2,1-4H3. The molecule has 2 N–H and O–H groups in total. The van der Waals surface area contributed by atoms with E-state index in [2.05, 4.69) is 27.0 Å². The first-order valence-electron chi connectivity index (χ1n) is 7.46. The smallest absolute Gasteiger partial charge is 0.00765 e. The van der Waals surface area contributed by atoms with Gasteiger partial charge in [0.05, 0.1) is 0 Å². The Balaban J connectivity index is 3.81. The van der Waals surface area contributed by atoms with Crippen LogP contribution in [0.5, 0.6) is 0 Å². The zero-order valence-electron chi connectivity index (χ0n) is 12.8. The van der Waals surface area contributed by atoms with Gasteiger partial charge in [-0.05, 0) is 49.0 Å². The van der Waals surface area contributed by atoms with Crippen molar-refractivity contribution in [1.82, 2.24) is 0 Å². The molecule has 2 atom stereocenters. The quantitative estimate of drug-likeness (QED) is 0.395. The summed E-state index contributed by atoms with van der Waals surface area (Å²) in [5, 5.41) is 5.50. The van der Waals surface area contributed by atoms with Crippen molar-refractivity contribution in [3.8, 4) is 0 Å². The van der Waals surface area contributed by atoms with Gasteiger partial charge in [-0.15, -0.1) is 0 Å². The van der Waals surface area contributed by atoms with Crippen LogP contribution in [-0.2, 0) is 0 Å². The molecule has 0 heterocycles. The average Bonchev–Trinajstić information content (AvgIpc) is 2.35. The summed E-state index contributed by atoms with van der Waals surface area (Å²) in [5.74, 6) is 5.13. The molecule has 0 saturated carbocycles. The number of hydrogen-bond donors (Lipinski definition) is 1. The van der Waals surface area contributed by atoms with E-state index in [1.807, 2.05) is 11.8 Å². The van der Waals surface area contributed by atoms with Crippen molar-refractivity contribution in [2.75, 3.05) is 17.8 Å². The molecule has 3 heteroatoms. The van der Waals surface area contributed by atoms with Crippen LogP contribution in [0.25, 0.3) is 0 Å². The topological polar surface area (TPSA) is 26.0 Å². The van der Waals surface area contributed by atoms with E-state index in [1.165, 1.54) is 56.2 Å². The fourth-order valence-corrected chi connectivity index (χ4v) is 3.76. The van der Waals surface area contributed by atoms with Crippen LogP contribution in [0.3, 0.4) is 0 Å². The van der Waals surface area contributed by atoms with Crippen molar-refractivity contribution < 1.29 is 0 Å². The summed E-state index contributed by atoms with van der Waals surface area (Å²) in [7, 11) is 0. The lowest BCUT2D eigenvalue weighted by Gasteiger charge is -2.22. The van der Waals surface area contributed by atoms with Crippen LogP contribution >= 0.6 is 23.7 Å². The summed E-state index contributed by atoms with van der Waals surface area (Å²) in [6.45, 7) is 7.08. The minimum atomic E-state index is 0.827. The molecular weight excluding hydrogens is 258 g/mol. The van der Waals surface area contributed by atoms with E-state index in [0.717, 1.165) is 23.5 Å². The highest BCUT2D eigenvalue weighted by molar-refractivity contribution is 7.98. The third-order valence-corrected chi connectivity index (χ3v) is 5.28. The molecule has 0 aromatic rings. The van der Waals surface area contributed by atoms with Crippen molar-refractivity contribution in [3.05, 3.63) is 0 Å². The lowest BCUT2D eigenvalue weighted by molar-refractivity contribution is 0.314. The van der Waals surface area contributed by atoms with Crippen LogP contribution in [0.1, 0.15) is 59.3 Å². The monoisotopic (exact) mass is 291 g/mol. The molecule has 2 unspecified atom stereocenters. The van der Waals surface area contributed by atoms with Gasteiger partial charge in [-0.2, -0.15) is 11.8 Å². The molecule has 0 aromatic carbocycles. The van der Waals surface area contributed by atoms with Crippen molar-refractivity contribution in [2.45, 2.75) is 59.3 Å². The lowest BCUT2D eigenvalue weighted by Crippen LogP contribution is -2.11. The normalized spacial score (nSPS) is 15.0. The van der Waals surface area contributed by atoms with E-state index in [0.29, 0.717) is 0 Å². The first-order chi connectivity index (χ1) is 8.65. The van der Waals surface area contributed by atoms with Gasteiger partial charge >= 0.3 is 0 Å². The predicted molar refractivity (Wildman–Crippen MR) is 90.2 cm³/mol. The highest BCUT2D eigenvalue weighted by Gasteiger charge is 2.14. The molecule has 110 valence electrons. The van der Waals surface area contributed by atoms with Gasteiger partial charge in [0.25, 0.3) is 0 Å². The van der Waals surface area contributed by atoms with Crippen LogP contribution in [-0.4, -0.2) is 17.8 Å². The summed E-state index contributed by atoms with van der Waals surface area (Å²) in [5.41, 5.74) is 0. The zero-order chi connectivity index (χ0) is 13.8. The highest BCUT2D eigenvalue weighted by atomic mass is 32.2. The lowest BCUT2D eigenvalue weighted by atomic mass is 9.85. The van der Waals surface area contributed by atoms with E-state index < -0.39 is 0 Å². The third kappa shape index (κ3) is 9.57. The molecule has 0 fully saturated rings. The first-order valence-corrected chi connectivity index (χ1v) is 9.90. The average molecular weight is 292 g/mol. The third-order valence-electron chi connectivity index (χ3n) is 3.95. The van der Waals surface area contributed by atoms with E-state index in [1.54, 1.807) is 0 Å². The van der Waals surface area contributed by atoms with Gasteiger partial charge in [0.2, 0.25) is 0 Å². The summed E-state index contributed by atoms with van der Waals surface area (Å²) >= 11 is 3.49. The number of hydrogen-bond acceptors (Lipinski definition) is 3. The van der Waals surface area contributed by atoms with Gasteiger partial charge in [0, 0.05) is 5.75 Å². The second-order valence-electron chi connectivity index (χ2n) is 5.68. The maximum atomic E-state index is 5.50. The van der Waals surface area contributed by atoms with E-state index in [9.17, 15) is 0 Å². The van der Waals surface area contributed by atoms with Gasteiger partial charge in [0.1, 0.15) is 0 Å². The Morgan fingerprint density at radius 3 is 2.22 bits per heavy atom. The molecule has 0 aliphatic rings. The maximum absolute atomic E-state index is 5.50. The second kappa shape index (κ2) is 12.7. The molecule has 1 nitrogen and oxygen atoms in total. The number of nitrogens with two attached hydrogens (primary N) is 1. The molecule has 0 spiro atoms. The van der Waals surface area contributed by atoms with E-state index in [4.69, 9.17) is 5.14 Å². The van der Waals surface area contributed by atoms with Crippen LogP contribution in [0.2, 0.25) is 0 Å². The van der Waals surface area contributed by atoms with Gasteiger partial charge in [-0.3, -0.25) is 5.14 Å². The second-order valence-corrected chi connectivity index (χ2v) is 7.33. The SMILES string of the molecule is CCC(CCCC(CCCSN)C(C)C)CSC. The van der Waals surface area contributed by atoms with Crippen molar-refractivity contribution >= 4 is 23.7 Å². The predicted octanol–water partition coefficient (Wildman–Crippen LogP) is 5.21. The molecule has 0 aliphatic heterocycles. The Morgan fingerprint density at radius 1 is 1.06 bits per heavy atom. The van der Waals surface area contributed by atoms with Crippen LogP contribution in [0, 0.1) is 17.8 Å². The molecule has 0 amide bonds. The Hall–Kier alpha value is 0.660. The zero-order valence-corrected chi connectivity index (χ0v) is 14.4. The summed E-state index contributed by atoms with van der Waals surface area (Å²) in [6.07, 6.45) is 10.5. The van der Waals surface area contributed by atoms with Crippen molar-refractivity contribution in [2.24, 2.45) is 22.9 Å². The van der Waals surface area contributed by atoms with E-state index >= 15 is 0 Å². The van der Waals surface area contributed by atoms with Gasteiger partial charge in [-0.1, -0.05) is 52.0 Å². The Bertz CT molecular complexity index is 174. The number of thioether (sulfide) groups is 1. The molecule has 18 heavy (non-hydrogen) atoms. The van der Waals surface area contributed by atoms with Gasteiger partial charge < -0.3 is 0 Å². The summed E-state index contributed by atoms with van der Waals surface area (Å²) < 4.78 is 0. The summed E-state index contributed by atoms with van der Waals surface area (Å²) in [6, 6.07) is 0.